The van der Waals surface area contributed by atoms with Crippen molar-refractivity contribution in [3.05, 3.63) is 58.7 Å². The lowest BCUT2D eigenvalue weighted by atomic mass is 9.84. The highest BCUT2D eigenvalue weighted by atomic mass is 16.6. The maximum Gasteiger partial charge on any atom is 0.308 e. The van der Waals surface area contributed by atoms with Gasteiger partial charge in [0.1, 0.15) is 11.5 Å². The molecule has 1 aliphatic rings. The third-order valence-corrected chi connectivity index (χ3v) is 6.45. The number of rotatable bonds is 9. The van der Waals surface area contributed by atoms with Gasteiger partial charge in [-0.3, -0.25) is 14.4 Å². The maximum atomic E-state index is 13.4. The first kappa shape index (κ1) is 29.7. The van der Waals surface area contributed by atoms with E-state index in [1.165, 1.54) is 18.9 Å². The highest BCUT2D eigenvalue weighted by Gasteiger charge is 2.46. The number of ether oxygens (including phenoxy) is 3. The summed E-state index contributed by atoms with van der Waals surface area (Å²) in [7, 11) is 5.18. The van der Waals surface area contributed by atoms with Crippen molar-refractivity contribution in [2.24, 2.45) is 0 Å². The van der Waals surface area contributed by atoms with Crippen molar-refractivity contribution in [3.8, 4) is 17.2 Å². The average Bonchev–Trinajstić information content (AvgIpc) is 3.11. The molecule has 0 radical (unpaired) electrons. The smallest absolute Gasteiger partial charge is 0.308 e. The molecule has 1 atom stereocenters. The number of carbonyl (C=O) groups excluding carboxylic acids is 3. The molecule has 0 bridgehead atoms. The van der Waals surface area contributed by atoms with Crippen LogP contribution in [0.4, 0.5) is 0 Å². The van der Waals surface area contributed by atoms with Gasteiger partial charge in [-0.15, -0.1) is 0 Å². The summed E-state index contributed by atoms with van der Waals surface area (Å²) in [4.78, 5) is 41.8. The number of aliphatic hydroxyl groups is 1. The summed E-state index contributed by atoms with van der Waals surface area (Å²) in [6.07, 6.45) is 0. The molecule has 9 nitrogen and oxygen atoms in total. The number of likely N-dealkylation sites (N-methyl/N-ethyl adjacent to an activating group) is 1. The van der Waals surface area contributed by atoms with E-state index in [4.69, 9.17) is 14.2 Å². The predicted octanol–water partition coefficient (Wildman–Crippen LogP) is 4.30. The van der Waals surface area contributed by atoms with Gasteiger partial charge in [-0.2, -0.15) is 0 Å². The summed E-state index contributed by atoms with van der Waals surface area (Å²) in [5.41, 5.74) is 1.39. The number of amides is 1. The summed E-state index contributed by atoms with van der Waals surface area (Å²) >= 11 is 0. The molecule has 0 aromatic heterocycles. The van der Waals surface area contributed by atoms with Crippen LogP contribution in [0.1, 0.15) is 57.4 Å². The molecule has 1 heterocycles. The fraction of sp³-hybridized carbons (Fsp3) is 0.433. The number of esters is 1. The molecule has 3 rings (SSSR count). The molecular weight excluding hydrogens is 500 g/mol. The van der Waals surface area contributed by atoms with Crippen molar-refractivity contribution >= 4 is 23.4 Å². The average molecular weight is 539 g/mol. The minimum atomic E-state index is -0.908. The molecule has 1 fully saturated rings. The fourth-order valence-corrected chi connectivity index (χ4v) is 4.56. The highest BCUT2D eigenvalue weighted by molar-refractivity contribution is 6.46. The Bertz CT molecular complexity index is 1290. The predicted molar refractivity (Wildman–Crippen MR) is 148 cm³/mol. The van der Waals surface area contributed by atoms with Gasteiger partial charge in [0.05, 0.1) is 25.3 Å². The quantitative estimate of drug-likeness (QED) is 0.166. The van der Waals surface area contributed by atoms with Gasteiger partial charge in [0.15, 0.2) is 11.5 Å². The van der Waals surface area contributed by atoms with Crippen LogP contribution in [0.5, 0.6) is 17.2 Å². The number of likely N-dealkylation sites (tertiary alicyclic amines) is 1. The Morgan fingerprint density at radius 2 is 1.72 bits per heavy atom. The van der Waals surface area contributed by atoms with Gasteiger partial charge in [-0.05, 0) is 62.3 Å². The molecule has 0 saturated carbocycles. The summed E-state index contributed by atoms with van der Waals surface area (Å²) < 4.78 is 16.5. The molecule has 39 heavy (non-hydrogen) atoms. The Morgan fingerprint density at radius 1 is 1.05 bits per heavy atom. The third-order valence-electron chi connectivity index (χ3n) is 6.45. The van der Waals surface area contributed by atoms with E-state index in [2.05, 4.69) is 0 Å². The number of hydrogen-bond acceptors (Lipinski definition) is 8. The topological polar surface area (TPSA) is 106 Å². The number of nitrogens with zero attached hydrogens (tertiary/aromatic N) is 2. The van der Waals surface area contributed by atoms with Crippen LogP contribution in [-0.4, -0.2) is 73.5 Å². The van der Waals surface area contributed by atoms with E-state index in [1.807, 2.05) is 46.7 Å². The summed E-state index contributed by atoms with van der Waals surface area (Å²) in [6, 6.07) is 9.19. The van der Waals surface area contributed by atoms with E-state index in [-0.39, 0.29) is 29.0 Å². The number of hydrogen-bond donors (Lipinski definition) is 1. The number of ketones is 1. The largest absolute Gasteiger partial charge is 0.507 e. The first-order chi connectivity index (χ1) is 18.3. The SMILES string of the molecule is CCOc1ccc(/C(O)=C2\C(=O)C(=O)N(CCN(C)C)C2c2ccc(OC)c(OC(C)=O)c2)cc1C(C)(C)C. The zero-order chi connectivity index (χ0) is 29.1. The minimum Gasteiger partial charge on any atom is -0.507 e. The molecule has 1 unspecified atom stereocenters. The molecule has 1 amide bonds. The lowest BCUT2D eigenvalue weighted by Crippen LogP contribution is -2.35. The number of Topliss-reactive ketones (excluding diaryl/α,β-unsaturated/α-hetero) is 1. The number of aliphatic hydroxyl groups excluding tert-OH is 1. The first-order valence-electron chi connectivity index (χ1n) is 12.9. The normalized spacial score (nSPS) is 17.1. The second kappa shape index (κ2) is 11.9. The Kier molecular flexibility index (Phi) is 9.07. The van der Waals surface area contributed by atoms with Crippen LogP contribution in [0.3, 0.4) is 0 Å². The Labute approximate surface area is 230 Å². The molecule has 210 valence electrons. The van der Waals surface area contributed by atoms with Crippen molar-refractivity contribution in [2.45, 2.75) is 46.1 Å². The Hall–Kier alpha value is -3.85. The van der Waals surface area contributed by atoms with Gasteiger partial charge in [-0.25, -0.2) is 0 Å². The van der Waals surface area contributed by atoms with Crippen LogP contribution in [0.2, 0.25) is 0 Å². The monoisotopic (exact) mass is 538 g/mol. The van der Waals surface area contributed by atoms with Crippen molar-refractivity contribution in [2.75, 3.05) is 40.9 Å². The molecule has 2 aromatic carbocycles. The standard InChI is InChI=1S/C30H38N2O7/c1-9-38-22-12-11-20(16-21(22)30(3,4)5)27(34)25-26(32(15-14-31(6)7)29(36)28(25)35)19-10-13-23(37-8)24(17-19)39-18(2)33/h10-13,16-17,26,34H,9,14-15H2,1-8H3/b27-25+. The molecule has 0 aliphatic carbocycles. The van der Waals surface area contributed by atoms with E-state index in [0.29, 0.717) is 35.8 Å². The van der Waals surface area contributed by atoms with Crippen LogP contribution in [0, 0.1) is 0 Å². The third kappa shape index (κ3) is 6.42. The summed E-state index contributed by atoms with van der Waals surface area (Å²) in [5.74, 6) is -1.18. The van der Waals surface area contributed by atoms with E-state index in [9.17, 15) is 19.5 Å². The molecule has 0 spiro atoms. The van der Waals surface area contributed by atoms with Crippen LogP contribution in [-0.2, 0) is 19.8 Å². The van der Waals surface area contributed by atoms with E-state index < -0.39 is 23.7 Å². The highest BCUT2D eigenvalue weighted by Crippen LogP contribution is 2.43. The van der Waals surface area contributed by atoms with Gasteiger partial charge in [-0.1, -0.05) is 26.8 Å². The Morgan fingerprint density at radius 3 is 2.28 bits per heavy atom. The zero-order valence-electron chi connectivity index (χ0n) is 24.0. The van der Waals surface area contributed by atoms with Gasteiger partial charge < -0.3 is 29.1 Å². The molecule has 2 aromatic rings. The van der Waals surface area contributed by atoms with E-state index >= 15 is 0 Å². The molecular formula is C30H38N2O7. The molecule has 1 aliphatic heterocycles. The van der Waals surface area contributed by atoms with Gasteiger partial charge >= 0.3 is 5.97 Å². The Balaban J connectivity index is 2.25. The van der Waals surface area contributed by atoms with Crippen molar-refractivity contribution in [1.82, 2.24) is 9.80 Å². The lowest BCUT2D eigenvalue weighted by molar-refractivity contribution is -0.140. The van der Waals surface area contributed by atoms with Gasteiger partial charge in [0.2, 0.25) is 0 Å². The summed E-state index contributed by atoms with van der Waals surface area (Å²) in [5, 5.41) is 11.6. The summed E-state index contributed by atoms with van der Waals surface area (Å²) in [6.45, 7) is 10.5. The van der Waals surface area contributed by atoms with E-state index in [1.54, 1.807) is 36.4 Å². The molecule has 1 N–H and O–H groups in total. The second-order valence-corrected chi connectivity index (χ2v) is 10.7. The number of benzene rings is 2. The maximum absolute atomic E-state index is 13.4. The number of carbonyl (C=O) groups is 3. The minimum absolute atomic E-state index is 0.0401. The van der Waals surface area contributed by atoms with Crippen LogP contribution >= 0.6 is 0 Å². The van der Waals surface area contributed by atoms with Crippen molar-refractivity contribution < 1.29 is 33.7 Å². The van der Waals surface area contributed by atoms with Gasteiger partial charge in [0.25, 0.3) is 11.7 Å². The van der Waals surface area contributed by atoms with Crippen LogP contribution in [0.15, 0.2) is 42.0 Å². The fourth-order valence-electron chi connectivity index (χ4n) is 4.56. The second-order valence-electron chi connectivity index (χ2n) is 10.7. The van der Waals surface area contributed by atoms with Gasteiger partial charge in [0, 0.05) is 31.1 Å². The zero-order valence-corrected chi connectivity index (χ0v) is 24.0. The van der Waals surface area contributed by atoms with Crippen molar-refractivity contribution in [1.29, 1.82) is 0 Å². The lowest BCUT2D eigenvalue weighted by Gasteiger charge is -2.27. The first-order valence-corrected chi connectivity index (χ1v) is 12.9. The van der Waals surface area contributed by atoms with Crippen LogP contribution < -0.4 is 14.2 Å². The molecule has 9 heteroatoms. The van der Waals surface area contributed by atoms with Crippen molar-refractivity contribution in [3.63, 3.8) is 0 Å². The van der Waals surface area contributed by atoms with E-state index in [0.717, 1.165) is 5.56 Å². The molecule has 1 saturated heterocycles. The number of methoxy groups -OCH3 is 1. The van der Waals surface area contributed by atoms with Crippen LogP contribution in [0.25, 0.3) is 5.76 Å².